The van der Waals surface area contributed by atoms with E-state index in [0.29, 0.717) is 10.5 Å². The Morgan fingerprint density at radius 3 is 3.00 bits per heavy atom. The van der Waals surface area contributed by atoms with E-state index >= 15 is 0 Å². The standard InChI is InChI=1S/C14H22N4O2S/c1-11(12(19)16-13-17-15-10-21-13)18-6-2-3-14(9-18)4-7-20-8-5-14/h10-11H,2-9H2,1H3,(H,16,17,19)/t11-/m0/s1. The number of piperidine rings is 1. The lowest BCUT2D eigenvalue weighted by Gasteiger charge is -2.46. The van der Waals surface area contributed by atoms with Crippen molar-refractivity contribution >= 4 is 22.4 Å². The first-order chi connectivity index (χ1) is 10.2. The maximum atomic E-state index is 12.3. The largest absolute Gasteiger partial charge is 0.381 e. The second kappa shape index (κ2) is 6.37. The highest BCUT2D eigenvalue weighted by molar-refractivity contribution is 7.13. The first-order valence-corrected chi connectivity index (χ1v) is 8.45. The molecule has 1 N–H and O–H groups in total. The van der Waals surface area contributed by atoms with Crippen LogP contribution in [0.3, 0.4) is 0 Å². The molecule has 0 radical (unpaired) electrons. The SMILES string of the molecule is C[C@@H](C(=O)Nc1nncs1)N1CCCC2(CCOCC2)C1. The van der Waals surface area contributed by atoms with E-state index in [-0.39, 0.29) is 11.9 Å². The molecule has 1 aromatic heterocycles. The summed E-state index contributed by atoms with van der Waals surface area (Å²) >= 11 is 1.35. The molecule has 3 rings (SSSR count). The molecule has 1 spiro atoms. The summed E-state index contributed by atoms with van der Waals surface area (Å²) in [6.07, 6.45) is 4.66. The number of nitrogens with one attached hydrogen (secondary N) is 1. The molecule has 2 fully saturated rings. The van der Waals surface area contributed by atoms with Gasteiger partial charge in [-0.2, -0.15) is 0 Å². The number of hydrogen-bond acceptors (Lipinski definition) is 6. The fourth-order valence-corrected chi connectivity index (χ4v) is 3.84. The van der Waals surface area contributed by atoms with Crippen LogP contribution in [0.5, 0.6) is 0 Å². The Morgan fingerprint density at radius 2 is 2.29 bits per heavy atom. The van der Waals surface area contributed by atoms with E-state index < -0.39 is 0 Å². The Balaban J connectivity index is 1.61. The number of nitrogens with zero attached hydrogens (tertiary/aromatic N) is 3. The van der Waals surface area contributed by atoms with Gasteiger partial charge in [-0.1, -0.05) is 11.3 Å². The minimum absolute atomic E-state index is 0.0101. The van der Waals surface area contributed by atoms with Gasteiger partial charge < -0.3 is 4.74 Å². The summed E-state index contributed by atoms with van der Waals surface area (Å²) in [5.41, 5.74) is 1.98. The van der Waals surface area contributed by atoms with Crippen LogP contribution in [0.2, 0.25) is 0 Å². The average Bonchev–Trinajstić information content (AvgIpc) is 3.00. The van der Waals surface area contributed by atoms with Gasteiger partial charge in [0.15, 0.2) is 0 Å². The Morgan fingerprint density at radius 1 is 1.48 bits per heavy atom. The number of carbonyl (C=O) groups is 1. The Kier molecular flexibility index (Phi) is 4.51. The molecule has 1 atom stereocenters. The molecule has 7 heteroatoms. The van der Waals surface area contributed by atoms with Crippen LogP contribution in [0.25, 0.3) is 0 Å². The maximum absolute atomic E-state index is 12.3. The molecule has 0 bridgehead atoms. The van der Waals surface area contributed by atoms with Crippen molar-refractivity contribution in [2.24, 2.45) is 5.41 Å². The van der Waals surface area contributed by atoms with E-state index in [9.17, 15) is 4.79 Å². The zero-order valence-electron chi connectivity index (χ0n) is 12.4. The Hall–Kier alpha value is -1.05. The normalized spacial score (nSPS) is 23.9. The van der Waals surface area contributed by atoms with Gasteiger partial charge in [0.05, 0.1) is 6.04 Å². The molecule has 6 nitrogen and oxygen atoms in total. The van der Waals surface area contributed by atoms with Crippen LogP contribution in [0.4, 0.5) is 5.13 Å². The predicted molar refractivity (Wildman–Crippen MR) is 81.3 cm³/mol. The lowest BCUT2D eigenvalue weighted by atomic mass is 9.73. The van der Waals surface area contributed by atoms with Crippen molar-refractivity contribution in [2.45, 2.75) is 38.6 Å². The lowest BCUT2D eigenvalue weighted by molar-refractivity contribution is -0.123. The topological polar surface area (TPSA) is 67.4 Å². The van der Waals surface area contributed by atoms with Crippen LogP contribution in [-0.2, 0) is 9.53 Å². The zero-order chi connectivity index (χ0) is 14.7. The number of likely N-dealkylation sites (tertiary alicyclic amines) is 1. The summed E-state index contributed by atoms with van der Waals surface area (Å²) in [4.78, 5) is 14.7. The summed E-state index contributed by atoms with van der Waals surface area (Å²) in [6.45, 7) is 5.70. The molecular weight excluding hydrogens is 288 g/mol. The number of aromatic nitrogens is 2. The van der Waals surface area contributed by atoms with Crippen LogP contribution in [-0.4, -0.2) is 53.3 Å². The van der Waals surface area contributed by atoms with Crippen molar-refractivity contribution in [1.82, 2.24) is 15.1 Å². The summed E-state index contributed by atoms with van der Waals surface area (Å²) in [7, 11) is 0. The van der Waals surface area contributed by atoms with Gasteiger partial charge >= 0.3 is 0 Å². The number of amides is 1. The molecule has 116 valence electrons. The maximum Gasteiger partial charge on any atom is 0.243 e. The molecule has 1 amide bonds. The summed E-state index contributed by atoms with van der Waals surface area (Å²) < 4.78 is 5.50. The minimum Gasteiger partial charge on any atom is -0.381 e. The van der Waals surface area contributed by atoms with E-state index in [0.717, 1.165) is 45.6 Å². The van der Waals surface area contributed by atoms with Crippen molar-refractivity contribution in [3.8, 4) is 0 Å². The summed E-state index contributed by atoms with van der Waals surface area (Å²) in [5, 5.41) is 11.0. The van der Waals surface area contributed by atoms with Crippen LogP contribution in [0.15, 0.2) is 5.51 Å². The summed E-state index contributed by atoms with van der Waals surface area (Å²) in [5.74, 6) is 0.0101. The molecule has 1 aromatic rings. The van der Waals surface area contributed by atoms with Gasteiger partial charge in [-0.3, -0.25) is 15.0 Å². The van der Waals surface area contributed by atoms with Crippen molar-refractivity contribution in [2.75, 3.05) is 31.6 Å². The lowest BCUT2D eigenvalue weighted by Crippen LogP contribution is -2.52. The van der Waals surface area contributed by atoms with Crippen LogP contribution < -0.4 is 5.32 Å². The van der Waals surface area contributed by atoms with Crippen molar-refractivity contribution in [3.63, 3.8) is 0 Å². The molecular formula is C14H22N4O2S. The average molecular weight is 310 g/mol. The second-order valence-electron chi connectivity index (χ2n) is 6.10. The molecule has 0 aromatic carbocycles. The second-order valence-corrected chi connectivity index (χ2v) is 6.93. The highest BCUT2D eigenvalue weighted by Gasteiger charge is 2.39. The molecule has 2 aliphatic heterocycles. The van der Waals surface area contributed by atoms with E-state index in [1.165, 1.54) is 17.8 Å². The van der Waals surface area contributed by atoms with E-state index in [1.807, 2.05) is 6.92 Å². The highest BCUT2D eigenvalue weighted by Crippen LogP contribution is 2.39. The van der Waals surface area contributed by atoms with Gasteiger partial charge in [0.2, 0.25) is 11.0 Å². The van der Waals surface area contributed by atoms with Gasteiger partial charge in [-0.05, 0) is 44.6 Å². The smallest absolute Gasteiger partial charge is 0.243 e. The number of anilines is 1. The van der Waals surface area contributed by atoms with Crippen molar-refractivity contribution in [1.29, 1.82) is 0 Å². The fraction of sp³-hybridized carbons (Fsp3) is 0.786. The molecule has 0 saturated carbocycles. The first kappa shape index (κ1) is 14.9. The molecule has 2 aliphatic rings. The third-order valence-electron chi connectivity index (χ3n) is 4.76. The van der Waals surface area contributed by atoms with Crippen LogP contribution in [0, 0.1) is 5.41 Å². The van der Waals surface area contributed by atoms with Gasteiger partial charge in [0.25, 0.3) is 0 Å². The Bertz CT molecular complexity index is 468. The molecule has 0 unspecified atom stereocenters. The van der Waals surface area contributed by atoms with E-state index in [2.05, 4.69) is 20.4 Å². The van der Waals surface area contributed by atoms with Gasteiger partial charge in [0.1, 0.15) is 5.51 Å². The highest BCUT2D eigenvalue weighted by atomic mass is 32.1. The Labute approximate surface area is 128 Å². The number of rotatable bonds is 3. The zero-order valence-corrected chi connectivity index (χ0v) is 13.2. The van der Waals surface area contributed by atoms with Crippen LogP contribution in [0.1, 0.15) is 32.6 Å². The van der Waals surface area contributed by atoms with Crippen molar-refractivity contribution < 1.29 is 9.53 Å². The predicted octanol–water partition coefficient (Wildman–Crippen LogP) is 1.76. The van der Waals surface area contributed by atoms with Crippen LogP contribution >= 0.6 is 11.3 Å². The number of ether oxygens (including phenoxy) is 1. The van der Waals surface area contributed by atoms with E-state index in [1.54, 1.807) is 5.51 Å². The number of carbonyl (C=O) groups excluding carboxylic acids is 1. The molecule has 0 aliphatic carbocycles. The summed E-state index contributed by atoms with van der Waals surface area (Å²) in [6, 6.07) is -0.131. The minimum atomic E-state index is -0.131. The molecule has 3 heterocycles. The number of hydrogen-bond donors (Lipinski definition) is 1. The molecule has 21 heavy (non-hydrogen) atoms. The van der Waals surface area contributed by atoms with Gasteiger partial charge in [-0.25, -0.2) is 0 Å². The van der Waals surface area contributed by atoms with Gasteiger partial charge in [0, 0.05) is 19.8 Å². The van der Waals surface area contributed by atoms with Gasteiger partial charge in [-0.15, -0.1) is 10.2 Å². The van der Waals surface area contributed by atoms with Crippen molar-refractivity contribution in [3.05, 3.63) is 5.51 Å². The third kappa shape index (κ3) is 3.41. The molecule has 2 saturated heterocycles. The first-order valence-electron chi connectivity index (χ1n) is 7.57. The van der Waals surface area contributed by atoms with E-state index in [4.69, 9.17) is 4.74 Å². The third-order valence-corrected chi connectivity index (χ3v) is 5.37. The quantitative estimate of drug-likeness (QED) is 0.921. The fourth-order valence-electron chi connectivity index (χ4n) is 3.39. The monoisotopic (exact) mass is 310 g/mol.